The van der Waals surface area contributed by atoms with Gasteiger partial charge in [-0.3, -0.25) is 4.55 Å². The minimum absolute atomic E-state index is 0.234. The van der Waals surface area contributed by atoms with E-state index < -0.39 is 35.1 Å². The van der Waals surface area contributed by atoms with E-state index in [1.165, 1.54) is 18.2 Å². The zero-order chi connectivity index (χ0) is 14.5. The number of benzene rings is 1. The molecule has 1 aromatic rings. The van der Waals surface area contributed by atoms with E-state index in [-0.39, 0.29) is 10.8 Å². The van der Waals surface area contributed by atoms with Crippen molar-refractivity contribution in [1.82, 2.24) is 0 Å². The van der Waals surface area contributed by atoms with Crippen LogP contribution in [-0.2, 0) is 19.6 Å². The second-order valence-electron chi connectivity index (χ2n) is 3.37. The van der Waals surface area contributed by atoms with Crippen LogP contribution in [0.25, 0.3) is 0 Å². The van der Waals surface area contributed by atoms with Gasteiger partial charge in [0.05, 0.1) is 5.02 Å². The highest BCUT2D eigenvalue weighted by molar-refractivity contribution is 7.85. The molecule has 1 rings (SSSR count). The van der Waals surface area contributed by atoms with Gasteiger partial charge in [0.25, 0.3) is 10.1 Å². The van der Waals surface area contributed by atoms with Crippen LogP contribution < -0.4 is 4.74 Å². The zero-order valence-corrected chi connectivity index (χ0v) is 11.8. The normalized spacial score (nSPS) is 11.1. The maximum atomic E-state index is 11.2. The van der Waals surface area contributed by atoms with E-state index in [0.29, 0.717) is 5.02 Å². The van der Waals surface area contributed by atoms with Crippen LogP contribution in [0.2, 0.25) is 10.0 Å². The Balaban J connectivity index is 2.38. The predicted octanol–water partition coefficient (Wildman–Crippen LogP) is 1.80. The van der Waals surface area contributed by atoms with Gasteiger partial charge in [-0.2, -0.15) is 8.42 Å². The fourth-order valence-corrected chi connectivity index (χ4v) is 1.79. The summed E-state index contributed by atoms with van der Waals surface area (Å²) in [7, 11) is -4.15. The molecule has 0 atom stereocenters. The van der Waals surface area contributed by atoms with Crippen molar-refractivity contribution in [3.63, 3.8) is 0 Å². The average Bonchev–Trinajstić information content (AvgIpc) is 2.26. The van der Waals surface area contributed by atoms with Crippen molar-refractivity contribution < 1.29 is 27.2 Å². The maximum absolute atomic E-state index is 11.2. The first-order chi connectivity index (χ1) is 8.78. The molecule has 0 fully saturated rings. The van der Waals surface area contributed by atoms with Gasteiger partial charge < -0.3 is 9.47 Å². The number of ether oxygens (including phenoxy) is 2. The third-order valence-corrected chi connectivity index (χ3v) is 3.06. The molecule has 0 aromatic heterocycles. The van der Waals surface area contributed by atoms with Crippen molar-refractivity contribution in [3.8, 4) is 5.75 Å². The fraction of sp³-hybridized carbons (Fsp3) is 0.300. The van der Waals surface area contributed by atoms with Gasteiger partial charge in [-0.05, 0) is 18.2 Å². The fourth-order valence-electron chi connectivity index (χ4n) is 1.03. The number of rotatable bonds is 6. The summed E-state index contributed by atoms with van der Waals surface area (Å²) in [5.74, 6) is -1.20. The van der Waals surface area contributed by atoms with Crippen LogP contribution in [0.1, 0.15) is 0 Å². The number of carbonyl (C=O) groups is 1. The van der Waals surface area contributed by atoms with Crippen LogP contribution >= 0.6 is 23.2 Å². The second-order valence-corrected chi connectivity index (χ2v) is 5.79. The molecule has 0 amide bonds. The summed E-state index contributed by atoms with van der Waals surface area (Å²) >= 11 is 11.5. The van der Waals surface area contributed by atoms with Gasteiger partial charge in [-0.25, -0.2) is 4.79 Å². The molecule has 0 spiro atoms. The summed E-state index contributed by atoms with van der Waals surface area (Å²) in [5, 5.41) is 0.659. The minimum atomic E-state index is -4.15. The summed E-state index contributed by atoms with van der Waals surface area (Å²) in [6, 6.07) is 4.46. The number of hydrogen-bond donors (Lipinski definition) is 1. The molecule has 0 aliphatic carbocycles. The molecule has 0 saturated carbocycles. The molecular formula is C10H10Cl2O6S. The van der Waals surface area contributed by atoms with Crippen molar-refractivity contribution in [2.45, 2.75) is 0 Å². The zero-order valence-electron chi connectivity index (χ0n) is 9.51. The van der Waals surface area contributed by atoms with E-state index >= 15 is 0 Å². The Hall–Kier alpha value is -1.02. The highest BCUT2D eigenvalue weighted by atomic mass is 35.5. The van der Waals surface area contributed by atoms with Gasteiger partial charge in [0.15, 0.2) is 6.61 Å². The monoisotopic (exact) mass is 328 g/mol. The molecular weight excluding hydrogens is 319 g/mol. The Morgan fingerprint density at radius 3 is 2.58 bits per heavy atom. The molecule has 0 bridgehead atoms. The van der Waals surface area contributed by atoms with E-state index in [2.05, 4.69) is 4.74 Å². The van der Waals surface area contributed by atoms with Crippen LogP contribution in [0.5, 0.6) is 5.75 Å². The molecule has 1 N–H and O–H groups in total. The third-order valence-electron chi connectivity index (χ3n) is 1.84. The summed E-state index contributed by atoms with van der Waals surface area (Å²) in [5.41, 5.74) is 0. The quantitative estimate of drug-likeness (QED) is 0.632. The lowest BCUT2D eigenvalue weighted by Crippen LogP contribution is -2.19. The third kappa shape index (κ3) is 6.63. The number of halogens is 2. The van der Waals surface area contributed by atoms with Crippen molar-refractivity contribution in [2.24, 2.45) is 0 Å². The standard InChI is InChI=1S/C10H10Cl2O6S/c11-7-1-2-9(8(12)5-7)18-6-10(13)17-3-4-19(14,15)16/h1-2,5H,3-4,6H2,(H,14,15,16). The van der Waals surface area contributed by atoms with E-state index in [0.717, 1.165) is 0 Å². The molecule has 0 aliphatic heterocycles. The van der Waals surface area contributed by atoms with Crippen LogP contribution in [0, 0.1) is 0 Å². The van der Waals surface area contributed by atoms with Gasteiger partial charge in [0, 0.05) is 5.02 Å². The average molecular weight is 329 g/mol. The van der Waals surface area contributed by atoms with Crippen molar-refractivity contribution >= 4 is 39.3 Å². The summed E-state index contributed by atoms with van der Waals surface area (Å²) in [4.78, 5) is 11.2. The molecule has 106 valence electrons. The molecule has 0 radical (unpaired) electrons. The molecule has 9 heteroatoms. The molecule has 1 aromatic carbocycles. The van der Waals surface area contributed by atoms with Crippen LogP contribution in [0.15, 0.2) is 18.2 Å². The lowest BCUT2D eigenvalue weighted by Gasteiger charge is -2.08. The lowest BCUT2D eigenvalue weighted by molar-refractivity contribution is -0.145. The van der Waals surface area contributed by atoms with Gasteiger partial charge >= 0.3 is 5.97 Å². The molecule has 19 heavy (non-hydrogen) atoms. The topological polar surface area (TPSA) is 89.9 Å². The van der Waals surface area contributed by atoms with Gasteiger partial charge in [-0.15, -0.1) is 0 Å². The van der Waals surface area contributed by atoms with E-state index in [1.54, 1.807) is 0 Å². The number of esters is 1. The minimum Gasteiger partial charge on any atom is -0.480 e. The number of carbonyl (C=O) groups excluding carboxylic acids is 1. The van der Waals surface area contributed by atoms with Crippen LogP contribution in [-0.4, -0.2) is 37.9 Å². The largest absolute Gasteiger partial charge is 0.480 e. The van der Waals surface area contributed by atoms with Gasteiger partial charge in [0.2, 0.25) is 0 Å². The van der Waals surface area contributed by atoms with Gasteiger partial charge in [0.1, 0.15) is 18.1 Å². The smallest absolute Gasteiger partial charge is 0.344 e. The van der Waals surface area contributed by atoms with E-state index in [4.69, 9.17) is 32.5 Å². The molecule has 0 heterocycles. The Morgan fingerprint density at radius 2 is 2.00 bits per heavy atom. The Morgan fingerprint density at radius 1 is 1.32 bits per heavy atom. The molecule has 6 nitrogen and oxygen atoms in total. The Labute approximate surface area is 120 Å². The molecule has 0 saturated heterocycles. The van der Waals surface area contributed by atoms with E-state index in [1.807, 2.05) is 0 Å². The first kappa shape index (κ1) is 16.0. The predicted molar refractivity (Wildman–Crippen MR) is 69.3 cm³/mol. The first-order valence-electron chi connectivity index (χ1n) is 4.96. The van der Waals surface area contributed by atoms with Crippen molar-refractivity contribution in [1.29, 1.82) is 0 Å². The van der Waals surface area contributed by atoms with E-state index in [9.17, 15) is 13.2 Å². The molecule has 0 unspecified atom stereocenters. The molecule has 0 aliphatic rings. The maximum Gasteiger partial charge on any atom is 0.344 e. The highest BCUT2D eigenvalue weighted by Crippen LogP contribution is 2.27. The van der Waals surface area contributed by atoms with Crippen LogP contribution in [0.3, 0.4) is 0 Å². The summed E-state index contributed by atoms with van der Waals surface area (Å²) < 4.78 is 38.8. The lowest BCUT2D eigenvalue weighted by atomic mass is 10.3. The van der Waals surface area contributed by atoms with Crippen molar-refractivity contribution in [2.75, 3.05) is 19.0 Å². The Kier molecular flexibility index (Phi) is 5.86. The van der Waals surface area contributed by atoms with Gasteiger partial charge in [-0.1, -0.05) is 23.2 Å². The van der Waals surface area contributed by atoms with Crippen LogP contribution in [0.4, 0.5) is 0 Å². The Bertz CT molecular complexity index is 557. The first-order valence-corrected chi connectivity index (χ1v) is 7.33. The number of hydrogen-bond acceptors (Lipinski definition) is 5. The van der Waals surface area contributed by atoms with Crippen molar-refractivity contribution in [3.05, 3.63) is 28.2 Å². The second kappa shape index (κ2) is 6.95. The summed E-state index contributed by atoms with van der Waals surface area (Å²) in [6.45, 7) is -0.887. The highest BCUT2D eigenvalue weighted by Gasteiger charge is 2.10. The summed E-state index contributed by atoms with van der Waals surface area (Å²) in [6.07, 6.45) is 0. The SMILES string of the molecule is O=C(COc1ccc(Cl)cc1Cl)OCCS(=O)(=O)O.